The van der Waals surface area contributed by atoms with E-state index in [1.165, 1.54) is 6.42 Å². The van der Waals surface area contributed by atoms with Gasteiger partial charge in [-0.25, -0.2) is 0 Å². The molecule has 1 N–H and O–H groups in total. The van der Waals surface area contributed by atoms with Gasteiger partial charge >= 0.3 is 0 Å². The van der Waals surface area contributed by atoms with Crippen molar-refractivity contribution >= 4 is 16.8 Å². The third kappa shape index (κ3) is 5.06. The van der Waals surface area contributed by atoms with Crippen LogP contribution in [-0.2, 0) is 11.3 Å². The Bertz CT molecular complexity index is 901. The van der Waals surface area contributed by atoms with Crippen molar-refractivity contribution in [2.24, 2.45) is 5.92 Å². The van der Waals surface area contributed by atoms with E-state index in [2.05, 4.69) is 21.8 Å². The Hall–Kier alpha value is -2.18. The number of nitrogens with zero attached hydrogens (tertiary/aromatic N) is 3. The number of amides is 1. The Kier molecular flexibility index (Phi) is 6.31. The largest absolute Gasteiger partial charge is 0.357 e. The first-order valence-corrected chi connectivity index (χ1v) is 10.9. The van der Waals surface area contributed by atoms with E-state index in [1.807, 2.05) is 29.2 Å². The normalized spacial score (nSPS) is 21.6. The second-order valence-corrected chi connectivity index (χ2v) is 8.67. The first-order valence-electron chi connectivity index (χ1n) is 10.9. The number of rotatable bonds is 5. The Morgan fingerprint density at radius 1 is 1.14 bits per heavy atom. The highest BCUT2D eigenvalue weighted by atomic mass is 16.2. The summed E-state index contributed by atoms with van der Waals surface area (Å²) in [5.74, 6) is 0.876. The maximum Gasteiger partial charge on any atom is 0.222 e. The number of piperidine rings is 1. The molecule has 156 valence electrons. The van der Waals surface area contributed by atoms with E-state index >= 15 is 0 Å². The lowest BCUT2D eigenvalue weighted by Gasteiger charge is -2.34. The zero-order chi connectivity index (χ0) is 20.2. The number of nitrogens with one attached hydrogen (secondary N) is 1. The van der Waals surface area contributed by atoms with Gasteiger partial charge in [-0.2, -0.15) is 0 Å². The third-order valence-electron chi connectivity index (χ3n) is 6.41. The molecule has 0 radical (unpaired) electrons. The molecule has 2 aliphatic rings. The molecular formula is C23H32N4O2. The van der Waals surface area contributed by atoms with Crippen LogP contribution in [0, 0.1) is 5.92 Å². The zero-order valence-electron chi connectivity index (χ0n) is 17.4. The maximum atomic E-state index is 12.5. The first-order chi connectivity index (χ1) is 14.1. The van der Waals surface area contributed by atoms with Gasteiger partial charge in [-0.15, -0.1) is 0 Å². The molecule has 1 aromatic carbocycles. The fourth-order valence-corrected chi connectivity index (χ4v) is 4.65. The second-order valence-electron chi connectivity index (χ2n) is 8.67. The number of pyridine rings is 1. The predicted molar refractivity (Wildman–Crippen MR) is 116 cm³/mol. The number of H-pyrrole nitrogens is 1. The molecule has 29 heavy (non-hydrogen) atoms. The molecule has 1 amide bonds. The SMILES string of the molecule is CN1CCN(C(=O)CCC2CCCN(Cc3cc(=O)c4ccccc4[nH]3)C2)CC1. The van der Waals surface area contributed by atoms with Crippen LogP contribution in [0.25, 0.3) is 10.9 Å². The first kappa shape index (κ1) is 20.1. The van der Waals surface area contributed by atoms with Crippen LogP contribution in [-0.4, -0.2) is 71.9 Å². The van der Waals surface area contributed by atoms with E-state index < -0.39 is 0 Å². The number of likely N-dealkylation sites (N-methyl/N-ethyl adjacent to an activating group) is 1. The summed E-state index contributed by atoms with van der Waals surface area (Å²) in [5.41, 5.74) is 1.96. The molecule has 0 aliphatic carbocycles. The summed E-state index contributed by atoms with van der Waals surface area (Å²) in [5, 5.41) is 0.746. The highest BCUT2D eigenvalue weighted by Crippen LogP contribution is 2.23. The van der Waals surface area contributed by atoms with Crippen molar-refractivity contribution in [3.8, 4) is 0 Å². The molecule has 2 aliphatic heterocycles. The molecule has 2 aromatic rings. The van der Waals surface area contributed by atoms with E-state index in [4.69, 9.17) is 0 Å². The minimum absolute atomic E-state index is 0.0840. The summed E-state index contributed by atoms with van der Waals surface area (Å²) in [6, 6.07) is 9.42. The zero-order valence-corrected chi connectivity index (χ0v) is 17.4. The van der Waals surface area contributed by atoms with Crippen LogP contribution in [0.5, 0.6) is 0 Å². The lowest BCUT2D eigenvalue weighted by molar-refractivity contribution is -0.133. The van der Waals surface area contributed by atoms with Crippen LogP contribution in [0.4, 0.5) is 0 Å². The number of piperazine rings is 1. The Morgan fingerprint density at radius 3 is 2.76 bits per heavy atom. The number of aromatic amines is 1. The molecule has 0 spiro atoms. The third-order valence-corrected chi connectivity index (χ3v) is 6.41. The van der Waals surface area contributed by atoms with Crippen LogP contribution in [0.15, 0.2) is 35.1 Å². The molecule has 1 atom stereocenters. The summed E-state index contributed by atoms with van der Waals surface area (Å²) in [6.07, 6.45) is 3.98. The molecule has 3 heterocycles. The van der Waals surface area contributed by atoms with Gasteiger partial charge in [-0.3, -0.25) is 14.5 Å². The fourth-order valence-electron chi connectivity index (χ4n) is 4.65. The molecule has 2 fully saturated rings. The number of carbonyl (C=O) groups excluding carboxylic acids is 1. The number of benzene rings is 1. The van der Waals surface area contributed by atoms with Gasteiger partial charge in [-0.1, -0.05) is 12.1 Å². The topological polar surface area (TPSA) is 59.6 Å². The van der Waals surface area contributed by atoms with E-state index in [0.29, 0.717) is 18.2 Å². The van der Waals surface area contributed by atoms with Gasteiger partial charge in [-0.05, 0) is 50.9 Å². The highest BCUT2D eigenvalue weighted by molar-refractivity contribution is 5.78. The summed E-state index contributed by atoms with van der Waals surface area (Å²) >= 11 is 0. The second kappa shape index (κ2) is 9.09. The molecule has 4 rings (SSSR count). The number of fused-ring (bicyclic) bond motifs is 1. The van der Waals surface area contributed by atoms with Crippen LogP contribution in [0.3, 0.4) is 0 Å². The molecule has 6 nitrogen and oxygen atoms in total. The summed E-state index contributed by atoms with van der Waals surface area (Å²) in [7, 11) is 2.11. The van der Waals surface area contributed by atoms with E-state index in [0.717, 1.165) is 75.3 Å². The van der Waals surface area contributed by atoms with Crippen LogP contribution < -0.4 is 5.43 Å². The van der Waals surface area contributed by atoms with Gasteiger partial charge in [0.2, 0.25) is 5.91 Å². The quantitative estimate of drug-likeness (QED) is 0.843. The lowest BCUT2D eigenvalue weighted by atomic mass is 9.93. The van der Waals surface area contributed by atoms with E-state index in [9.17, 15) is 9.59 Å². The summed E-state index contributed by atoms with van der Waals surface area (Å²) in [4.78, 5) is 35.1. The molecular weight excluding hydrogens is 364 g/mol. The van der Waals surface area contributed by atoms with Crippen molar-refractivity contribution in [2.45, 2.75) is 32.2 Å². The number of hydrogen-bond donors (Lipinski definition) is 1. The number of aromatic nitrogens is 1. The van der Waals surface area contributed by atoms with Crippen molar-refractivity contribution in [1.82, 2.24) is 19.7 Å². The van der Waals surface area contributed by atoms with Gasteiger partial charge in [0.05, 0.1) is 0 Å². The Balaban J connectivity index is 1.30. The van der Waals surface area contributed by atoms with Gasteiger partial charge in [0.25, 0.3) is 0 Å². The minimum atomic E-state index is 0.0840. The Morgan fingerprint density at radius 2 is 1.93 bits per heavy atom. The average Bonchev–Trinajstić information content (AvgIpc) is 2.73. The summed E-state index contributed by atoms with van der Waals surface area (Å²) < 4.78 is 0. The van der Waals surface area contributed by atoms with Crippen LogP contribution >= 0.6 is 0 Å². The van der Waals surface area contributed by atoms with Crippen molar-refractivity contribution < 1.29 is 4.79 Å². The van der Waals surface area contributed by atoms with Crippen molar-refractivity contribution in [3.63, 3.8) is 0 Å². The molecule has 2 saturated heterocycles. The molecule has 1 aromatic heterocycles. The van der Waals surface area contributed by atoms with Gasteiger partial charge < -0.3 is 14.8 Å². The molecule has 0 bridgehead atoms. The summed E-state index contributed by atoms with van der Waals surface area (Å²) in [6.45, 7) is 6.51. The van der Waals surface area contributed by atoms with Crippen molar-refractivity contribution in [2.75, 3.05) is 46.3 Å². The van der Waals surface area contributed by atoms with Crippen LogP contribution in [0.2, 0.25) is 0 Å². The fraction of sp³-hybridized carbons (Fsp3) is 0.565. The van der Waals surface area contributed by atoms with Gasteiger partial charge in [0, 0.05) is 68.4 Å². The van der Waals surface area contributed by atoms with E-state index in [1.54, 1.807) is 6.07 Å². The monoisotopic (exact) mass is 396 g/mol. The average molecular weight is 397 g/mol. The Labute approximate surface area is 172 Å². The smallest absolute Gasteiger partial charge is 0.222 e. The number of likely N-dealkylation sites (tertiary alicyclic amines) is 1. The van der Waals surface area contributed by atoms with Gasteiger partial charge in [0.15, 0.2) is 5.43 Å². The van der Waals surface area contributed by atoms with Crippen molar-refractivity contribution in [3.05, 3.63) is 46.2 Å². The van der Waals surface area contributed by atoms with Gasteiger partial charge in [0.1, 0.15) is 0 Å². The number of carbonyl (C=O) groups is 1. The molecule has 6 heteroatoms. The standard InChI is InChI=1S/C23H32N4O2/c1-25-11-13-27(14-12-25)23(29)9-8-18-5-4-10-26(16-18)17-19-15-22(28)20-6-2-3-7-21(20)24-19/h2-3,6-7,15,18H,4-5,8-14,16-17H2,1H3,(H,24,28). The highest BCUT2D eigenvalue weighted by Gasteiger charge is 2.23. The number of para-hydroxylation sites is 1. The molecule has 0 saturated carbocycles. The molecule has 1 unspecified atom stereocenters. The van der Waals surface area contributed by atoms with Crippen molar-refractivity contribution in [1.29, 1.82) is 0 Å². The van der Waals surface area contributed by atoms with E-state index in [-0.39, 0.29) is 5.43 Å². The number of hydrogen-bond acceptors (Lipinski definition) is 4. The van der Waals surface area contributed by atoms with Crippen LogP contribution in [0.1, 0.15) is 31.4 Å². The minimum Gasteiger partial charge on any atom is -0.357 e. The maximum absolute atomic E-state index is 12.5. The lowest BCUT2D eigenvalue weighted by Crippen LogP contribution is -2.47. The predicted octanol–water partition coefficient (Wildman–Crippen LogP) is 2.29.